The van der Waals surface area contributed by atoms with Gasteiger partial charge in [-0.15, -0.1) is 0 Å². The van der Waals surface area contributed by atoms with Gasteiger partial charge in [0.05, 0.1) is 6.54 Å². The Kier molecular flexibility index (Phi) is 2.13. The summed E-state index contributed by atoms with van der Waals surface area (Å²) in [5.74, 6) is 0.0936. The highest BCUT2D eigenvalue weighted by atomic mass is 16.8. The number of hydrogen-bond acceptors (Lipinski definition) is 6. The molecule has 0 amide bonds. The van der Waals surface area contributed by atoms with Gasteiger partial charge in [0.15, 0.2) is 12.0 Å². The van der Waals surface area contributed by atoms with E-state index in [0.29, 0.717) is 12.4 Å². The molecule has 1 aromatic heterocycles. The lowest BCUT2D eigenvalue weighted by Crippen LogP contribution is -2.40. The van der Waals surface area contributed by atoms with Crippen LogP contribution < -0.4 is 11.0 Å². The minimum atomic E-state index is -0.614. The van der Waals surface area contributed by atoms with Gasteiger partial charge in [0, 0.05) is 6.20 Å². The second-order valence-electron chi connectivity index (χ2n) is 5.53. The van der Waals surface area contributed by atoms with Crippen molar-refractivity contribution in [2.45, 2.75) is 50.7 Å². The van der Waals surface area contributed by atoms with Gasteiger partial charge in [0.2, 0.25) is 0 Å². The van der Waals surface area contributed by atoms with E-state index in [1.54, 1.807) is 10.6 Å². The molecule has 3 aliphatic heterocycles. The van der Waals surface area contributed by atoms with E-state index in [1.165, 1.54) is 6.20 Å². The highest BCUT2D eigenvalue weighted by molar-refractivity contribution is 5.37. The number of rotatable bonds is 0. The van der Waals surface area contributed by atoms with Crippen molar-refractivity contribution in [1.82, 2.24) is 9.55 Å². The maximum absolute atomic E-state index is 11.8. The van der Waals surface area contributed by atoms with Gasteiger partial charge < -0.3 is 19.5 Å². The molecule has 2 bridgehead atoms. The third kappa shape index (κ3) is 1.62. The molecule has 19 heavy (non-hydrogen) atoms. The van der Waals surface area contributed by atoms with E-state index < -0.39 is 5.79 Å². The summed E-state index contributed by atoms with van der Waals surface area (Å²) in [6.07, 6.45) is 0.678. The molecule has 0 radical (unpaired) electrons. The predicted molar refractivity (Wildman–Crippen MR) is 64.6 cm³/mol. The van der Waals surface area contributed by atoms with Crippen LogP contribution in [0, 0.1) is 0 Å². The summed E-state index contributed by atoms with van der Waals surface area (Å²) in [5.41, 5.74) is -0.282. The highest BCUT2D eigenvalue weighted by Gasteiger charge is 2.56. The Hall–Kier alpha value is -1.44. The van der Waals surface area contributed by atoms with E-state index in [1.807, 2.05) is 13.8 Å². The fourth-order valence-electron chi connectivity index (χ4n) is 3.01. The minimum Gasteiger partial charge on any atom is -0.348 e. The third-order valence-electron chi connectivity index (χ3n) is 3.74. The van der Waals surface area contributed by atoms with Gasteiger partial charge in [-0.05, 0) is 19.9 Å². The van der Waals surface area contributed by atoms with Crippen LogP contribution in [0.3, 0.4) is 0 Å². The van der Waals surface area contributed by atoms with Crippen LogP contribution in [0.25, 0.3) is 0 Å². The maximum atomic E-state index is 11.8. The molecule has 1 aromatic rings. The third-order valence-corrected chi connectivity index (χ3v) is 3.74. The van der Waals surface area contributed by atoms with Crippen molar-refractivity contribution < 1.29 is 14.2 Å². The molecule has 0 spiro atoms. The molecule has 3 aliphatic rings. The van der Waals surface area contributed by atoms with Gasteiger partial charge in [-0.2, -0.15) is 0 Å². The molecule has 2 fully saturated rings. The van der Waals surface area contributed by atoms with Crippen LogP contribution >= 0.6 is 0 Å². The molecule has 7 heteroatoms. The number of ether oxygens (including phenoxy) is 3. The Morgan fingerprint density at radius 3 is 3.05 bits per heavy atom. The first-order valence-electron chi connectivity index (χ1n) is 6.37. The first-order valence-corrected chi connectivity index (χ1v) is 6.37. The second kappa shape index (κ2) is 3.56. The van der Waals surface area contributed by atoms with Gasteiger partial charge in [-0.25, -0.2) is 9.78 Å². The van der Waals surface area contributed by atoms with Gasteiger partial charge >= 0.3 is 5.69 Å². The Morgan fingerprint density at radius 1 is 1.42 bits per heavy atom. The SMILES string of the molecule is CC1(C)OC2C3Nc4ccnc(=O)n4C[C@@H](O3)[C@@H]2O1. The van der Waals surface area contributed by atoms with Crippen LogP contribution in [0.1, 0.15) is 13.8 Å². The Morgan fingerprint density at radius 2 is 2.21 bits per heavy atom. The molecule has 4 rings (SSSR count). The molecule has 0 saturated carbocycles. The summed E-state index contributed by atoms with van der Waals surface area (Å²) >= 11 is 0. The van der Waals surface area contributed by atoms with E-state index in [2.05, 4.69) is 10.3 Å². The number of nitrogens with zero attached hydrogens (tertiary/aromatic N) is 2. The molecule has 1 N–H and O–H groups in total. The molecule has 4 atom stereocenters. The fourth-order valence-corrected chi connectivity index (χ4v) is 3.01. The lowest BCUT2D eigenvalue weighted by molar-refractivity contribution is -0.184. The van der Waals surface area contributed by atoms with Crippen LogP contribution in [0.15, 0.2) is 17.1 Å². The second-order valence-corrected chi connectivity index (χ2v) is 5.53. The summed E-state index contributed by atoms with van der Waals surface area (Å²) in [6, 6.07) is 1.77. The van der Waals surface area contributed by atoms with Crippen molar-refractivity contribution in [3.05, 3.63) is 22.7 Å². The summed E-state index contributed by atoms with van der Waals surface area (Å²) in [5, 5.41) is 3.20. The molecule has 2 unspecified atom stereocenters. The van der Waals surface area contributed by atoms with Crippen LogP contribution in [0.2, 0.25) is 0 Å². The molecular formula is C12H15N3O4. The Bertz CT molecular complexity index is 585. The monoisotopic (exact) mass is 265 g/mol. The van der Waals surface area contributed by atoms with Crippen molar-refractivity contribution >= 4 is 5.82 Å². The van der Waals surface area contributed by atoms with Crippen molar-refractivity contribution in [2.75, 3.05) is 5.32 Å². The summed E-state index contributed by atoms with van der Waals surface area (Å²) < 4.78 is 19.2. The molecule has 0 aromatic carbocycles. The van der Waals surface area contributed by atoms with Crippen LogP contribution in [-0.4, -0.2) is 39.9 Å². The quantitative estimate of drug-likeness (QED) is 0.707. The minimum absolute atomic E-state index is 0.156. The van der Waals surface area contributed by atoms with Crippen molar-refractivity contribution in [3.63, 3.8) is 0 Å². The average molecular weight is 265 g/mol. The lowest BCUT2D eigenvalue weighted by atomic mass is 10.1. The maximum Gasteiger partial charge on any atom is 0.349 e. The number of fused-ring (bicyclic) bond motifs is 6. The van der Waals surface area contributed by atoms with Crippen LogP contribution in [0.4, 0.5) is 5.82 Å². The largest absolute Gasteiger partial charge is 0.349 e. The topological polar surface area (TPSA) is 74.6 Å². The lowest BCUT2D eigenvalue weighted by Gasteiger charge is -2.22. The van der Waals surface area contributed by atoms with E-state index in [9.17, 15) is 4.79 Å². The molecule has 102 valence electrons. The Balaban J connectivity index is 1.74. The highest BCUT2D eigenvalue weighted by Crippen LogP contribution is 2.40. The fraction of sp³-hybridized carbons (Fsp3) is 0.667. The van der Waals surface area contributed by atoms with Crippen molar-refractivity contribution in [2.24, 2.45) is 0 Å². The molecular weight excluding hydrogens is 250 g/mol. The number of nitrogens with one attached hydrogen (secondary N) is 1. The van der Waals surface area contributed by atoms with Crippen LogP contribution in [0.5, 0.6) is 0 Å². The van der Waals surface area contributed by atoms with E-state index in [4.69, 9.17) is 14.2 Å². The van der Waals surface area contributed by atoms with Crippen molar-refractivity contribution in [3.8, 4) is 0 Å². The standard InChI is InChI=1S/C12H15N3O4/c1-12(2)18-8-6-5-15-7(3-4-13-11(15)16)14-10(17-6)9(8)19-12/h3-4,6,8-10,14H,5H2,1-2H3/t6-,8+,9?,10?/m1/s1. The number of hydrogen-bond donors (Lipinski definition) is 1. The molecule has 4 heterocycles. The van der Waals surface area contributed by atoms with Crippen LogP contribution in [-0.2, 0) is 20.8 Å². The average Bonchev–Trinajstić information content (AvgIpc) is 2.70. The zero-order valence-electron chi connectivity index (χ0n) is 10.7. The van der Waals surface area contributed by atoms with Gasteiger partial charge in [-0.3, -0.25) is 4.57 Å². The van der Waals surface area contributed by atoms with Gasteiger partial charge in [0.25, 0.3) is 0 Å². The molecule has 2 saturated heterocycles. The van der Waals surface area contributed by atoms with Gasteiger partial charge in [0.1, 0.15) is 24.1 Å². The van der Waals surface area contributed by atoms with E-state index in [-0.39, 0.29) is 30.2 Å². The normalized spacial score (nSPS) is 38.2. The zero-order valence-corrected chi connectivity index (χ0v) is 10.7. The van der Waals surface area contributed by atoms with E-state index in [0.717, 1.165) is 0 Å². The Labute approximate surface area is 109 Å². The number of anilines is 1. The molecule has 0 aliphatic carbocycles. The zero-order chi connectivity index (χ0) is 13.2. The van der Waals surface area contributed by atoms with Gasteiger partial charge in [-0.1, -0.05) is 0 Å². The first-order chi connectivity index (χ1) is 9.03. The summed E-state index contributed by atoms with van der Waals surface area (Å²) in [7, 11) is 0. The summed E-state index contributed by atoms with van der Waals surface area (Å²) in [4.78, 5) is 15.6. The van der Waals surface area contributed by atoms with Crippen molar-refractivity contribution in [1.29, 1.82) is 0 Å². The molecule has 7 nitrogen and oxygen atoms in total. The summed E-state index contributed by atoms with van der Waals surface area (Å²) in [6.45, 7) is 4.20. The predicted octanol–water partition coefficient (Wildman–Crippen LogP) is -0.0862. The van der Waals surface area contributed by atoms with E-state index >= 15 is 0 Å². The first kappa shape index (κ1) is 11.4. The number of aromatic nitrogens is 2. The smallest absolute Gasteiger partial charge is 0.348 e.